The normalized spacial score (nSPS) is 26.3. The number of piperidine rings is 1. The summed E-state index contributed by atoms with van der Waals surface area (Å²) in [5.41, 5.74) is 7.15. The van der Waals surface area contributed by atoms with Gasteiger partial charge in [-0.05, 0) is 55.8 Å². The van der Waals surface area contributed by atoms with Gasteiger partial charge in [0.2, 0.25) is 0 Å². The molecule has 1 aromatic carbocycles. The minimum Gasteiger partial charge on any atom is -0.384 e. The molecule has 2 atom stereocenters. The lowest BCUT2D eigenvalue weighted by Crippen LogP contribution is -2.46. The van der Waals surface area contributed by atoms with Gasteiger partial charge in [0.1, 0.15) is 11.7 Å². The van der Waals surface area contributed by atoms with Crippen LogP contribution in [-0.4, -0.2) is 23.3 Å². The van der Waals surface area contributed by atoms with E-state index in [9.17, 15) is 4.39 Å². The van der Waals surface area contributed by atoms with E-state index >= 15 is 0 Å². The summed E-state index contributed by atoms with van der Waals surface area (Å²) in [7, 11) is 0. The minimum absolute atomic E-state index is 0.0401. The summed E-state index contributed by atoms with van der Waals surface area (Å²) < 4.78 is 13.4. The van der Waals surface area contributed by atoms with Gasteiger partial charge in [0.25, 0.3) is 0 Å². The van der Waals surface area contributed by atoms with Crippen molar-refractivity contribution in [1.82, 2.24) is 4.90 Å². The summed E-state index contributed by atoms with van der Waals surface area (Å²) in [6.45, 7) is 1.90. The largest absolute Gasteiger partial charge is 0.384 e. The second-order valence-corrected chi connectivity index (χ2v) is 6.44. The second kappa shape index (κ2) is 6.14. The number of nitrogens with zero attached hydrogens (tertiary/aromatic N) is 1. The summed E-state index contributed by atoms with van der Waals surface area (Å²) in [5, 5.41) is 7.66. The SMILES string of the molecule is N=C(N)c1cc(F)ccc1CN1CCCC2CCCCC21. The van der Waals surface area contributed by atoms with Crippen molar-refractivity contribution in [2.45, 2.75) is 51.1 Å². The maximum Gasteiger partial charge on any atom is 0.123 e. The lowest BCUT2D eigenvalue weighted by Gasteiger charge is -2.44. The third-order valence-corrected chi connectivity index (χ3v) is 5.09. The lowest BCUT2D eigenvalue weighted by molar-refractivity contribution is 0.0546. The molecule has 1 aliphatic heterocycles. The van der Waals surface area contributed by atoms with Gasteiger partial charge in [0, 0.05) is 18.2 Å². The molecule has 0 radical (unpaired) electrons. The average Bonchev–Trinajstić information content (AvgIpc) is 2.49. The Bertz CT molecular complexity index is 527. The van der Waals surface area contributed by atoms with Gasteiger partial charge in [0.15, 0.2) is 0 Å². The monoisotopic (exact) mass is 289 g/mol. The highest BCUT2D eigenvalue weighted by molar-refractivity contribution is 5.96. The van der Waals surface area contributed by atoms with Gasteiger partial charge in [-0.25, -0.2) is 4.39 Å². The van der Waals surface area contributed by atoms with Crippen LogP contribution in [-0.2, 0) is 6.54 Å². The Morgan fingerprint density at radius 3 is 2.81 bits per heavy atom. The third-order valence-electron chi connectivity index (χ3n) is 5.09. The van der Waals surface area contributed by atoms with Gasteiger partial charge in [-0.15, -0.1) is 0 Å². The van der Waals surface area contributed by atoms with Crippen molar-refractivity contribution >= 4 is 5.84 Å². The van der Waals surface area contributed by atoms with E-state index in [2.05, 4.69) is 4.90 Å². The van der Waals surface area contributed by atoms with Crippen LogP contribution in [0.4, 0.5) is 4.39 Å². The van der Waals surface area contributed by atoms with Crippen molar-refractivity contribution in [3.8, 4) is 0 Å². The molecule has 2 unspecified atom stereocenters. The number of hydrogen-bond donors (Lipinski definition) is 2. The Morgan fingerprint density at radius 2 is 2.00 bits per heavy atom. The van der Waals surface area contributed by atoms with E-state index in [1.807, 2.05) is 0 Å². The molecule has 0 amide bonds. The van der Waals surface area contributed by atoms with Crippen molar-refractivity contribution in [1.29, 1.82) is 5.41 Å². The predicted octanol–water partition coefficient (Wildman–Crippen LogP) is 3.26. The Labute approximate surface area is 125 Å². The fourth-order valence-electron chi connectivity index (χ4n) is 4.08. The smallest absolute Gasteiger partial charge is 0.123 e. The van der Waals surface area contributed by atoms with Crippen LogP contribution < -0.4 is 5.73 Å². The fraction of sp³-hybridized carbons (Fsp3) is 0.588. The molecule has 3 N–H and O–H groups in total. The van der Waals surface area contributed by atoms with Crippen molar-refractivity contribution < 1.29 is 4.39 Å². The van der Waals surface area contributed by atoms with Gasteiger partial charge in [0.05, 0.1) is 0 Å². The molecule has 0 bridgehead atoms. The van der Waals surface area contributed by atoms with E-state index in [4.69, 9.17) is 11.1 Å². The fourth-order valence-corrected chi connectivity index (χ4v) is 4.08. The molecule has 4 heteroatoms. The molecule has 0 aromatic heterocycles. The molecule has 21 heavy (non-hydrogen) atoms. The Kier molecular flexibility index (Phi) is 4.24. The van der Waals surface area contributed by atoms with Crippen LogP contribution in [0, 0.1) is 17.1 Å². The Balaban J connectivity index is 1.80. The molecule has 2 fully saturated rings. The van der Waals surface area contributed by atoms with Crippen LogP contribution in [0.25, 0.3) is 0 Å². The number of nitrogen functional groups attached to an aromatic ring is 1. The molecule has 0 spiro atoms. The van der Waals surface area contributed by atoms with Gasteiger partial charge >= 0.3 is 0 Å². The van der Waals surface area contributed by atoms with Crippen molar-refractivity contribution in [2.24, 2.45) is 11.7 Å². The average molecular weight is 289 g/mol. The molecule has 1 aromatic rings. The van der Waals surface area contributed by atoms with Crippen molar-refractivity contribution in [2.75, 3.05) is 6.54 Å². The highest BCUT2D eigenvalue weighted by atomic mass is 19.1. The van der Waals surface area contributed by atoms with Crippen LogP contribution >= 0.6 is 0 Å². The number of amidine groups is 1. The molecule has 1 aliphatic carbocycles. The van der Waals surface area contributed by atoms with Crippen molar-refractivity contribution in [3.05, 3.63) is 35.1 Å². The molecule has 2 aliphatic rings. The molecule has 3 nitrogen and oxygen atoms in total. The zero-order chi connectivity index (χ0) is 14.8. The van der Waals surface area contributed by atoms with E-state index in [1.165, 1.54) is 50.7 Å². The van der Waals surface area contributed by atoms with Crippen molar-refractivity contribution in [3.63, 3.8) is 0 Å². The molecule has 1 saturated carbocycles. The maximum atomic E-state index is 13.4. The number of halogens is 1. The number of fused-ring (bicyclic) bond motifs is 1. The van der Waals surface area contributed by atoms with Gasteiger partial charge in [-0.1, -0.05) is 18.9 Å². The van der Waals surface area contributed by atoms with E-state index in [1.54, 1.807) is 6.07 Å². The summed E-state index contributed by atoms with van der Waals surface area (Å²) >= 11 is 0. The van der Waals surface area contributed by atoms with E-state index < -0.39 is 0 Å². The highest BCUT2D eigenvalue weighted by Gasteiger charge is 2.33. The topological polar surface area (TPSA) is 53.1 Å². The highest BCUT2D eigenvalue weighted by Crippen LogP contribution is 2.36. The minimum atomic E-state index is -0.321. The van der Waals surface area contributed by atoms with Gasteiger partial charge < -0.3 is 5.73 Å². The number of nitrogens with one attached hydrogen (secondary N) is 1. The lowest BCUT2D eigenvalue weighted by atomic mass is 9.78. The van der Waals surface area contributed by atoms with E-state index in [0.29, 0.717) is 11.6 Å². The maximum absolute atomic E-state index is 13.4. The van der Waals surface area contributed by atoms with Crippen LogP contribution in [0.5, 0.6) is 0 Å². The quantitative estimate of drug-likeness (QED) is 0.663. The predicted molar refractivity (Wildman–Crippen MR) is 82.8 cm³/mol. The standard InChI is InChI=1S/C17H24FN3/c18-14-8-7-13(15(10-14)17(19)20)11-21-9-3-5-12-4-1-2-6-16(12)21/h7-8,10,12,16H,1-6,9,11H2,(H3,19,20). The number of rotatable bonds is 3. The summed E-state index contributed by atoms with van der Waals surface area (Å²) in [5.74, 6) is 0.466. The van der Waals surface area contributed by atoms with E-state index in [0.717, 1.165) is 24.6 Å². The molecule has 3 rings (SSSR count). The first kappa shape index (κ1) is 14.5. The van der Waals surface area contributed by atoms with Crippen LogP contribution in [0.3, 0.4) is 0 Å². The number of hydrogen-bond acceptors (Lipinski definition) is 2. The van der Waals surface area contributed by atoms with Crippen LogP contribution in [0.15, 0.2) is 18.2 Å². The summed E-state index contributed by atoms with van der Waals surface area (Å²) in [6, 6.07) is 5.32. The zero-order valence-corrected chi connectivity index (χ0v) is 12.4. The third kappa shape index (κ3) is 3.10. The number of nitrogens with two attached hydrogens (primary N) is 1. The Morgan fingerprint density at radius 1 is 1.24 bits per heavy atom. The summed E-state index contributed by atoms with van der Waals surface area (Å²) in [6.07, 6.45) is 7.91. The molecule has 1 saturated heterocycles. The van der Waals surface area contributed by atoms with Gasteiger partial charge in [-0.2, -0.15) is 0 Å². The Hall–Kier alpha value is -1.42. The van der Waals surface area contributed by atoms with Gasteiger partial charge in [-0.3, -0.25) is 10.3 Å². The number of likely N-dealkylation sites (tertiary alicyclic amines) is 1. The molecule has 1 heterocycles. The van der Waals surface area contributed by atoms with E-state index in [-0.39, 0.29) is 11.7 Å². The van der Waals surface area contributed by atoms with Crippen LogP contribution in [0.1, 0.15) is 49.7 Å². The zero-order valence-electron chi connectivity index (χ0n) is 12.4. The second-order valence-electron chi connectivity index (χ2n) is 6.44. The van der Waals surface area contributed by atoms with Crippen LogP contribution in [0.2, 0.25) is 0 Å². The number of benzene rings is 1. The molecule has 114 valence electrons. The first-order valence-electron chi connectivity index (χ1n) is 8.02. The molecular weight excluding hydrogens is 265 g/mol. The first-order valence-corrected chi connectivity index (χ1v) is 8.02. The molecular formula is C17H24FN3. The first-order chi connectivity index (χ1) is 10.1. The summed E-state index contributed by atoms with van der Waals surface area (Å²) in [4.78, 5) is 2.53.